The summed E-state index contributed by atoms with van der Waals surface area (Å²) in [5.41, 5.74) is 8.03. The number of anilines is 2. The van der Waals surface area contributed by atoms with Crippen LogP contribution >= 0.6 is 0 Å². The zero-order chi connectivity index (χ0) is 17.6. The first-order valence-electron chi connectivity index (χ1n) is 9.09. The summed E-state index contributed by atoms with van der Waals surface area (Å²) in [6.45, 7) is 9.22. The van der Waals surface area contributed by atoms with Gasteiger partial charge in [-0.2, -0.15) is 0 Å². The molecule has 1 aliphatic heterocycles. The van der Waals surface area contributed by atoms with Gasteiger partial charge in [0.05, 0.1) is 0 Å². The van der Waals surface area contributed by atoms with E-state index in [4.69, 9.17) is 0 Å². The van der Waals surface area contributed by atoms with Gasteiger partial charge in [-0.1, -0.05) is 68.4 Å². The van der Waals surface area contributed by atoms with Gasteiger partial charge in [0.1, 0.15) is 0 Å². The fourth-order valence-electron chi connectivity index (χ4n) is 4.10. The van der Waals surface area contributed by atoms with Crippen molar-refractivity contribution in [2.24, 2.45) is 0 Å². The first-order chi connectivity index (χ1) is 12.0. The van der Waals surface area contributed by atoms with Crippen LogP contribution in [0, 0.1) is 0 Å². The quantitative estimate of drug-likeness (QED) is 0.516. The number of nitrogens with zero attached hydrogens (tertiary/aromatic N) is 1. The van der Waals surface area contributed by atoms with Crippen molar-refractivity contribution >= 4 is 11.4 Å². The molecule has 0 aromatic heterocycles. The predicted octanol–water partition coefficient (Wildman–Crippen LogP) is 6.54. The van der Waals surface area contributed by atoms with E-state index >= 15 is 0 Å². The molecule has 126 valence electrons. The molecule has 0 unspecified atom stereocenters. The Kier molecular flexibility index (Phi) is 3.68. The van der Waals surface area contributed by atoms with Crippen LogP contribution in [-0.4, -0.2) is 6.04 Å². The van der Waals surface area contributed by atoms with E-state index in [0.717, 1.165) is 0 Å². The Balaban J connectivity index is 1.96. The normalized spacial score (nSPS) is 15.0. The highest BCUT2D eigenvalue weighted by molar-refractivity contribution is 5.81. The molecule has 0 aliphatic carbocycles. The molecule has 0 saturated heterocycles. The molecular formula is C24H25N. The Morgan fingerprint density at radius 1 is 0.680 bits per heavy atom. The number of para-hydroxylation sites is 1. The van der Waals surface area contributed by atoms with Crippen LogP contribution in [0.15, 0.2) is 72.8 Å². The standard InChI is InChI=1S/C24H25N/c1-17(2)25-22-13-9-8-12-20(22)24(3,4)21-16-19(14-15-23(21)25)18-10-6-5-7-11-18/h5-17H,1-4H3. The van der Waals surface area contributed by atoms with Gasteiger partial charge >= 0.3 is 0 Å². The largest absolute Gasteiger partial charge is 0.338 e. The van der Waals surface area contributed by atoms with Gasteiger partial charge in [0.15, 0.2) is 0 Å². The number of hydrogen-bond acceptors (Lipinski definition) is 1. The summed E-state index contributed by atoms with van der Waals surface area (Å²) in [6, 6.07) is 26.9. The van der Waals surface area contributed by atoms with Gasteiger partial charge in [0.25, 0.3) is 0 Å². The van der Waals surface area contributed by atoms with Gasteiger partial charge in [-0.15, -0.1) is 0 Å². The van der Waals surface area contributed by atoms with Crippen LogP contribution in [0.1, 0.15) is 38.8 Å². The Morgan fingerprint density at radius 3 is 2.04 bits per heavy atom. The summed E-state index contributed by atoms with van der Waals surface area (Å²) in [5, 5.41) is 0. The van der Waals surface area contributed by atoms with Crippen molar-refractivity contribution in [3.05, 3.63) is 83.9 Å². The molecule has 0 fully saturated rings. The van der Waals surface area contributed by atoms with Gasteiger partial charge < -0.3 is 4.90 Å². The van der Waals surface area contributed by atoms with Crippen LogP contribution in [0.3, 0.4) is 0 Å². The fraction of sp³-hybridized carbons (Fsp3) is 0.250. The third-order valence-corrected chi connectivity index (χ3v) is 5.39. The minimum Gasteiger partial charge on any atom is -0.338 e. The second-order valence-corrected chi connectivity index (χ2v) is 7.70. The van der Waals surface area contributed by atoms with E-state index in [1.54, 1.807) is 0 Å². The van der Waals surface area contributed by atoms with Crippen LogP contribution < -0.4 is 4.90 Å². The average Bonchev–Trinajstić information content (AvgIpc) is 2.62. The van der Waals surface area contributed by atoms with Crippen LogP contribution in [-0.2, 0) is 5.41 Å². The Morgan fingerprint density at radius 2 is 1.32 bits per heavy atom. The van der Waals surface area contributed by atoms with Crippen LogP contribution in [0.5, 0.6) is 0 Å². The van der Waals surface area contributed by atoms with E-state index in [0.29, 0.717) is 6.04 Å². The molecule has 3 aromatic rings. The number of benzene rings is 3. The first-order valence-corrected chi connectivity index (χ1v) is 9.09. The van der Waals surface area contributed by atoms with Crippen molar-refractivity contribution in [2.45, 2.75) is 39.2 Å². The number of hydrogen-bond donors (Lipinski definition) is 0. The van der Waals surface area contributed by atoms with Gasteiger partial charge in [-0.25, -0.2) is 0 Å². The molecule has 1 heterocycles. The highest BCUT2D eigenvalue weighted by Gasteiger charge is 2.36. The Hall–Kier alpha value is -2.54. The number of rotatable bonds is 2. The summed E-state index contributed by atoms with van der Waals surface area (Å²) < 4.78 is 0. The smallest absolute Gasteiger partial charge is 0.0455 e. The van der Waals surface area contributed by atoms with E-state index in [-0.39, 0.29) is 5.41 Å². The molecule has 0 radical (unpaired) electrons. The molecule has 1 nitrogen and oxygen atoms in total. The second kappa shape index (κ2) is 5.77. The van der Waals surface area contributed by atoms with Crippen molar-refractivity contribution < 1.29 is 0 Å². The SMILES string of the molecule is CC(C)N1c2ccccc2C(C)(C)c2cc(-c3ccccc3)ccc21. The topological polar surface area (TPSA) is 3.24 Å². The molecule has 0 bridgehead atoms. The molecule has 1 heteroatoms. The monoisotopic (exact) mass is 327 g/mol. The van der Waals surface area contributed by atoms with Crippen molar-refractivity contribution in [3.8, 4) is 11.1 Å². The van der Waals surface area contributed by atoms with Crippen molar-refractivity contribution in [1.82, 2.24) is 0 Å². The summed E-state index contributed by atoms with van der Waals surface area (Å²) in [7, 11) is 0. The molecule has 4 rings (SSSR count). The van der Waals surface area contributed by atoms with Gasteiger partial charge in [0.2, 0.25) is 0 Å². The third-order valence-electron chi connectivity index (χ3n) is 5.39. The van der Waals surface area contributed by atoms with Crippen molar-refractivity contribution in [1.29, 1.82) is 0 Å². The van der Waals surface area contributed by atoms with Gasteiger partial charge in [0, 0.05) is 22.8 Å². The maximum Gasteiger partial charge on any atom is 0.0455 e. The average molecular weight is 327 g/mol. The minimum absolute atomic E-state index is 0.0118. The lowest BCUT2D eigenvalue weighted by atomic mass is 9.72. The molecule has 0 amide bonds. The minimum atomic E-state index is -0.0118. The Labute approximate surface area is 150 Å². The highest BCUT2D eigenvalue weighted by atomic mass is 15.2. The molecule has 1 aliphatic rings. The lowest BCUT2D eigenvalue weighted by Gasteiger charge is -2.44. The van der Waals surface area contributed by atoms with Crippen molar-refractivity contribution in [3.63, 3.8) is 0 Å². The van der Waals surface area contributed by atoms with E-state index < -0.39 is 0 Å². The molecule has 3 aromatic carbocycles. The lowest BCUT2D eigenvalue weighted by Crippen LogP contribution is -2.36. The van der Waals surface area contributed by atoms with E-state index in [2.05, 4.69) is 105 Å². The fourth-order valence-corrected chi connectivity index (χ4v) is 4.10. The summed E-state index contributed by atoms with van der Waals surface area (Å²) in [5.74, 6) is 0. The van der Waals surface area contributed by atoms with Gasteiger partial charge in [-0.05, 0) is 54.3 Å². The van der Waals surface area contributed by atoms with Crippen LogP contribution in [0.25, 0.3) is 11.1 Å². The maximum absolute atomic E-state index is 2.48. The van der Waals surface area contributed by atoms with E-state index in [1.807, 2.05) is 0 Å². The molecule has 0 spiro atoms. The van der Waals surface area contributed by atoms with Gasteiger partial charge in [-0.3, -0.25) is 0 Å². The van der Waals surface area contributed by atoms with Crippen LogP contribution in [0.4, 0.5) is 11.4 Å². The molecule has 25 heavy (non-hydrogen) atoms. The predicted molar refractivity (Wildman–Crippen MR) is 108 cm³/mol. The number of fused-ring (bicyclic) bond motifs is 2. The van der Waals surface area contributed by atoms with E-state index in [9.17, 15) is 0 Å². The summed E-state index contributed by atoms with van der Waals surface area (Å²) in [6.07, 6.45) is 0. The molecule has 0 N–H and O–H groups in total. The Bertz CT molecular complexity index is 906. The van der Waals surface area contributed by atoms with Crippen LogP contribution in [0.2, 0.25) is 0 Å². The summed E-state index contributed by atoms with van der Waals surface area (Å²) >= 11 is 0. The van der Waals surface area contributed by atoms with Crippen molar-refractivity contribution in [2.75, 3.05) is 4.90 Å². The zero-order valence-electron chi connectivity index (χ0n) is 15.5. The molecular weight excluding hydrogens is 302 g/mol. The third kappa shape index (κ3) is 2.46. The first kappa shape index (κ1) is 16.0. The highest BCUT2D eigenvalue weighted by Crippen LogP contribution is 2.50. The molecule has 0 atom stereocenters. The lowest BCUT2D eigenvalue weighted by molar-refractivity contribution is 0.613. The zero-order valence-corrected chi connectivity index (χ0v) is 15.5. The molecule has 0 saturated carbocycles. The maximum atomic E-state index is 2.48. The second-order valence-electron chi connectivity index (χ2n) is 7.70. The summed E-state index contributed by atoms with van der Waals surface area (Å²) in [4.78, 5) is 2.48. The van der Waals surface area contributed by atoms with E-state index in [1.165, 1.54) is 33.6 Å².